The Bertz CT molecular complexity index is 492. The van der Waals surface area contributed by atoms with Gasteiger partial charge in [-0.3, -0.25) is 9.78 Å². The molecule has 0 aliphatic carbocycles. The lowest BCUT2D eigenvalue weighted by Gasteiger charge is -2.03. The third-order valence-corrected chi connectivity index (χ3v) is 3.50. The molecule has 0 unspecified atom stereocenters. The maximum atomic E-state index is 13.5. The molecule has 82 valence electrons. The number of hydrogen-bond acceptors (Lipinski definition) is 3. The molecule has 1 heterocycles. The minimum absolute atomic E-state index is 0.107. The lowest BCUT2D eigenvalue weighted by Crippen LogP contribution is -2.06. The summed E-state index contributed by atoms with van der Waals surface area (Å²) < 4.78 is 14.0. The quantitative estimate of drug-likeness (QED) is 0.812. The molecule has 2 nitrogen and oxygen atoms in total. The van der Waals surface area contributed by atoms with E-state index in [0.29, 0.717) is 4.47 Å². The topological polar surface area (TPSA) is 30.0 Å². The maximum Gasteiger partial charge on any atom is 0.172 e. The molecule has 0 bridgehead atoms. The lowest BCUT2D eigenvalue weighted by atomic mass is 10.1. The SMILES string of the molecule is O=C(Cc1cncs1)c1c(F)cccc1Br. The second-order valence-corrected chi connectivity index (χ2v) is 4.99. The average Bonchev–Trinajstić information content (AvgIpc) is 2.70. The predicted octanol–water partition coefficient (Wildman–Crippen LogP) is 3.47. The number of hydrogen-bond donors (Lipinski definition) is 0. The fourth-order valence-electron chi connectivity index (χ4n) is 1.34. The first-order chi connectivity index (χ1) is 7.68. The van der Waals surface area contributed by atoms with Crippen molar-refractivity contribution >= 4 is 33.0 Å². The van der Waals surface area contributed by atoms with Gasteiger partial charge < -0.3 is 0 Å². The lowest BCUT2D eigenvalue weighted by molar-refractivity contribution is 0.0989. The summed E-state index contributed by atoms with van der Waals surface area (Å²) in [7, 11) is 0. The number of nitrogens with zero attached hydrogens (tertiary/aromatic N) is 1. The summed E-state index contributed by atoms with van der Waals surface area (Å²) >= 11 is 4.57. The smallest absolute Gasteiger partial charge is 0.172 e. The van der Waals surface area contributed by atoms with E-state index in [0.717, 1.165) is 4.88 Å². The number of carbonyl (C=O) groups excluding carboxylic acids is 1. The Hall–Kier alpha value is -1.07. The highest BCUT2D eigenvalue weighted by Gasteiger charge is 2.16. The molecule has 1 aromatic carbocycles. The number of Topliss-reactive ketones (excluding diaryl/α,β-unsaturated/α-hetero) is 1. The summed E-state index contributed by atoms with van der Waals surface area (Å²) in [6, 6.07) is 4.50. The van der Waals surface area contributed by atoms with Crippen molar-refractivity contribution in [1.82, 2.24) is 4.98 Å². The fraction of sp³-hybridized carbons (Fsp3) is 0.0909. The zero-order chi connectivity index (χ0) is 11.5. The summed E-state index contributed by atoms with van der Waals surface area (Å²) in [5.41, 5.74) is 1.76. The molecule has 1 aromatic heterocycles. The molecule has 0 saturated heterocycles. The predicted molar refractivity (Wildman–Crippen MR) is 64.2 cm³/mol. The van der Waals surface area contributed by atoms with Gasteiger partial charge in [0.15, 0.2) is 5.78 Å². The number of rotatable bonds is 3. The monoisotopic (exact) mass is 299 g/mol. The second kappa shape index (κ2) is 4.84. The second-order valence-electron chi connectivity index (χ2n) is 3.16. The van der Waals surface area contributed by atoms with Crippen molar-refractivity contribution in [3.05, 3.63) is 50.6 Å². The molecule has 0 amide bonds. The van der Waals surface area contributed by atoms with Crippen LogP contribution in [0.15, 0.2) is 34.4 Å². The highest BCUT2D eigenvalue weighted by atomic mass is 79.9. The van der Waals surface area contributed by atoms with E-state index in [1.54, 1.807) is 23.8 Å². The van der Waals surface area contributed by atoms with E-state index in [4.69, 9.17) is 0 Å². The highest BCUT2D eigenvalue weighted by molar-refractivity contribution is 9.10. The Kier molecular flexibility index (Phi) is 3.46. The summed E-state index contributed by atoms with van der Waals surface area (Å²) in [6.45, 7) is 0. The van der Waals surface area contributed by atoms with Crippen LogP contribution in [0.2, 0.25) is 0 Å². The first-order valence-corrected chi connectivity index (χ1v) is 6.20. The minimum Gasteiger partial charge on any atom is -0.294 e. The van der Waals surface area contributed by atoms with E-state index in [2.05, 4.69) is 20.9 Å². The van der Waals surface area contributed by atoms with Gasteiger partial charge >= 0.3 is 0 Å². The molecule has 2 rings (SSSR count). The zero-order valence-corrected chi connectivity index (χ0v) is 10.5. The van der Waals surface area contributed by atoms with Gasteiger partial charge in [0, 0.05) is 22.0 Å². The largest absolute Gasteiger partial charge is 0.294 e. The number of halogens is 2. The molecule has 0 aliphatic rings. The van der Waals surface area contributed by atoms with Crippen LogP contribution >= 0.6 is 27.3 Å². The Labute approximate surface area is 104 Å². The van der Waals surface area contributed by atoms with Gasteiger partial charge in [0.25, 0.3) is 0 Å². The normalized spacial score (nSPS) is 10.4. The van der Waals surface area contributed by atoms with Crippen molar-refractivity contribution < 1.29 is 9.18 Å². The summed E-state index contributed by atoms with van der Waals surface area (Å²) in [5.74, 6) is -0.738. The Morgan fingerprint density at radius 1 is 1.50 bits per heavy atom. The molecule has 5 heteroatoms. The summed E-state index contributed by atoms with van der Waals surface area (Å²) in [6.07, 6.45) is 1.81. The number of carbonyl (C=O) groups is 1. The van der Waals surface area contributed by atoms with Gasteiger partial charge in [-0.2, -0.15) is 0 Å². The Morgan fingerprint density at radius 2 is 2.31 bits per heavy atom. The molecule has 0 radical (unpaired) electrons. The van der Waals surface area contributed by atoms with Gasteiger partial charge in [0.05, 0.1) is 11.1 Å². The summed E-state index contributed by atoms with van der Waals surface area (Å²) in [5, 5.41) is 0. The zero-order valence-electron chi connectivity index (χ0n) is 8.11. The molecule has 0 atom stereocenters. The molecule has 0 spiro atoms. The third-order valence-electron chi connectivity index (χ3n) is 2.06. The molecule has 2 aromatic rings. The van der Waals surface area contributed by atoms with Gasteiger partial charge in [-0.1, -0.05) is 6.07 Å². The van der Waals surface area contributed by atoms with Crippen LogP contribution in [0, 0.1) is 5.82 Å². The fourth-order valence-corrected chi connectivity index (χ4v) is 2.50. The van der Waals surface area contributed by atoms with Crippen LogP contribution in [0.3, 0.4) is 0 Å². The van der Waals surface area contributed by atoms with E-state index in [1.165, 1.54) is 17.4 Å². The number of thiazole rings is 1. The first kappa shape index (κ1) is 11.4. The standard InChI is InChI=1S/C11H7BrFNOS/c12-8-2-1-3-9(13)11(8)10(15)4-7-5-14-6-16-7/h1-3,5-6H,4H2. The number of benzene rings is 1. The van der Waals surface area contributed by atoms with Crippen molar-refractivity contribution in [1.29, 1.82) is 0 Å². The maximum absolute atomic E-state index is 13.5. The van der Waals surface area contributed by atoms with Crippen LogP contribution in [-0.2, 0) is 6.42 Å². The van der Waals surface area contributed by atoms with Crippen LogP contribution in [0.25, 0.3) is 0 Å². The Morgan fingerprint density at radius 3 is 2.94 bits per heavy atom. The third kappa shape index (κ3) is 2.36. The van der Waals surface area contributed by atoms with Crippen molar-refractivity contribution in [3.8, 4) is 0 Å². The molecule has 0 saturated carbocycles. The van der Waals surface area contributed by atoms with Crippen LogP contribution in [0.5, 0.6) is 0 Å². The number of aromatic nitrogens is 1. The van der Waals surface area contributed by atoms with Crippen LogP contribution in [-0.4, -0.2) is 10.8 Å². The highest BCUT2D eigenvalue weighted by Crippen LogP contribution is 2.22. The van der Waals surface area contributed by atoms with E-state index in [-0.39, 0.29) is 17.8 Å². The van der Waals surface area contributed by atoms with Gasteiger partial charge in [0.1, 0.15) is 5.82 Å². The van der Waals surface area contributed by atoms with E-state index in [9.17, 15) is 9.18 Å². The van der Waals surface area contributed by atoms with Gasteiger partial charge in [-0.25, -0.2) is 4.39 Å². The van der Waals surface area contributed by atoms with Crippen LogP contribution in [0.1, 0.15) is 15.2 Å². The molecule has 0 N–H and O–H groups in total. The summed E-state index contributed by atoms with van der Waals surface area (Å²) in [4.78, 5) is 16.6. The molecule has 16 heavy (non-hydrogen) atoms. The Balaban J connectivity index is 2.28. The van der Waals surface area contributed by atoms with E-state index < -0.39 is 5.82 Å². The minimum atomic E-state index is -0.496. The first-order valence-electron chi connectivity index (χ1n) is 4.53. The number of ketones is 1. The molecule has 0 aliphatic heterocycles. The van der Waals surface area contributed by atoms with Crippen molar-refractivity contribution in [2.24, 2.45) is 0 Å². The van der Waals surface area contributed by atoms with Crippen molar-refractivity contribution in [3.63, 3.8) is 0 Å². The van der Waals surface area contributed by atoms with E-state index >= 15 is 0 Å². The average molecular weight is 300 g/mol. The van der Waals surface area contributed by atoms with Gasteiger partial charge in [0.2, 0.25) is 0 Å². The van der Waals surface area contributed by atoms with Crippen LogP contribution in [0.4, 0.5) is 4.39 Å². The van der Waals surface area contributed by atoms with Crippen molar-refractivity contribution in [2.45, 2.75) is 6.42 Å². The molecular weight excluding hydrogens is 293 g/mol. The van der Waals surface area contributed by atoms with Gasteiger partial charge in [-0.05, 0) is 28.1 Å². The van der Waals surface area contributed by atoms with E-state index in [1.807, 2.05) is 0 Å². The van der Waals surface area contributed by atoms with Gasteiger partial charge in [-0.15, -0.1) is 11.3 Å². The molecular formula is C11H7BrFNOS. The van der Waals surface area contributed by atoms with Crippen LogP contribution < -0.4 is 0 Å². The molecule has 0 fully saturated rings. The van der Waals surface area contributed by atoms with Crippen molar-refractivity contribution in [2.75, 3.05) is 0 Å².